The number of allylic oxidation sites excluding steroid dienone is 2. The van der Waals surface area contributed by atoms with E-state index in [1.54, 1.807) is 0 Å². The van der Waals surface area contributed by atoms with Crippen LogP contribution in [0.2, 0.25) is 0 Å². The molecule has 0 fully saturated rings. The number of unbranched alkanes of at least 4 members (excludes halogenated alkanes) is 6. The first-order valence-corrected chi connectivity index (χ1v) is 7.85. The molecule has 0 aliphatic heterocycles. The molecule has 0 aliphatic carbocycles. The fourth-order valence-corrected chi connectivity index (χ4v) is 1.83. The third kappa shape index (κ3) is 15.6. The molecule has 5 heteroatoms. The molecule has 0 aliphatic rings. The Morgan fingerprint density at radius 1 is 1.00 bits per heavy atom. The van der Waals surface area contributed by atoms with Gasteiger partial charge in [-0.25, -0.2) is 5.14 Å². The van der Waals surface area contributed by atoms with Crippen LogP contribution in [0.3, 0.4) is 0 Å². The van der Waals surface area contributed by atoms with Crippen LogP contribution in [0.15, 0.2) is 12.2 Å². The van der Waals surface area contributed by atoms with Crippen molar-refractivity contribution < 1.29 is 12.6 Å². The van der Waals surface area contributed by atoms with Gasteiger partial charge in [0.05, 0.1) is 6.61 Å². The number of rotatable bonds is 11. The Labute approximate surface area is 105 Å². The zero-order valence-corrected chi connectivity index (χ0v) is 11.5. The smallest absolute Gasteiger partial charge is 0.258 e. The highest BCUT2D eigenvalue weighted by molar-refractivity contribution is 7.84. The second kappa shape index (κ2) is 10.7. The van der Waals surface area contributed by atoms with Gasteiger partial charge in [-0.15, -0.1) is 0 Å². The molecule has 0 spiro atoms. The highest BCUT2D eigenvalue weighted by Gasteiger charge is 1.99. The van der Waals surface area contributed by atoms with Crippen LogP contribution < -0.4 is 5.14 Å². The van der Waals surface area contributed by atoms with E-state index in [2.05, 4.69) is 28.4 Å². The molecule has 17 heavy (non-hydrogen) atoms. The summed E-state index contributed by atoms with van der Waals surface area (Å²) in [7, 11) is -3.76. The maximum atomic E-state index is 10.4. The van der Waals surface area contributed by atoms with E-state index in [9.17, 15) is 8.42 Å². The van der Waals surface area contributed by atoms with Crippen molar-refractivity contribution in [1.29, 1.82) is 0 Å². The first kappa shape index (κ1) is 16.6. The lowest BCUT2D eigenvalue weighted by atomic mass is 10.1. The Balaban J connectivity index is 3.20. The SMILES string of the molecule is CCCCCCC/C=C/CCCOS(N)(=O)=O. The quantitative estimate of drug-likeness (QED) is 0.460. The Kier molecular flexibility index (Phi) is 10.5. The van der Waals surface area contributed by atoms with Gasteiger partial charge < -0.3 is 0 Å². The van der Waals surface area contributed by atoms with E-state index in [-0.39, 0.29) is 6.61 Å². The van der Waals surface area contributed by atoms with Gasteiger partial charge in [-0.1, -0.05) is 44.8 Å². The molecule has 0 aromatic carbocycles. The summed E-state index contributed by atoms with van der Waals surface area (Å²) in [6.07, 6.45) is 13.3. The highest BCUT2D eigenvalue weighted by Crippen LogP contribution is 2.05. The van der Waals surface area contributed by atoms with E-state index >= 15 is 0 Å². The molecular formula is C12H25NO3S. The molecule has 0 heterocycles. The van der Waals surface area contributed by atoms with Crippen molar-refractivity contribution in [1.82, 2.24) is 0 Å². The van der Waals surface area contributed by atoms with E-state index in [4.69, 9.17) is 0 Å². The summed E-state index contributed by atoms with van der Waals surface area (Å²) >= 11 is 0. The Bertz CT molecular complexity index is 286. The molecule has 4 nitrogen and oxygen atoms in total. The molecule has 0 saturated carbocycles. The monoisotopic (exact) mass is 263 g/mol. The molecular weight excluding hydrogens is 238 g/mol. The Morgan fingerprint density at radius 2 is 1.59 bits per heavy atom. The Morgan fingerprint density at radius 3 is 2.18 bits per heavy atom. The van der Waals surface area contributed by atoms with Gasteiger partial charge in [0.25, 0.3) is 0 Å². The predicted molar refractivity (Wildman–Crippen MR) is 70.8 cm³/mol. The van der Waals surface area contributed by atoms with Gasteiger partial charge in [0.15, 0.2) is 0 Å². The van der Waals surface area contributed by atoms with E-state index in [1.165, 1.54) is 32.1 Å². The first-order chi connectivity index (χ1) is 8.06. The van der Waals surface area contributed by atoms with Crippen molar-refractivity contribution in [3.8, 4) is 0 Å². The van der Waals surface area contributed by atoms with Crippen LogP contribution in [0.25, 0.3) is 0 Å². The molecule has 0 amide bonds. The normalized spacial score (nSPS) is 12.4. The standard InChI is InChI=1S/C12H25NO3S/c1-2-3-4-5-6-7-8-9-10-11-12-16-17(13,14)15/h8-9H,2-7,10-12H2,1H3,(H2,13,14,15)/b9-8+. The fourth-order valence-electron chi connectivity index (χ4n) is 1.48. The molecule has 102 valence electrons. The Hall–Kier alpha value is -0.390. The van der Waals surface area contributed by atoms with Crippen LogP contribution in [0.5, 0.6) is 0 Å². The van der Waals surface area contributed by atoms with Crippen molar-refractivity contribution in [2.24, 2.45) is 5.14 Å². The minimum absolute atomic E-state index is 0.166. The van der Waals surface area contributed by atoms with Gasteiger partial charge in [0, 0.05) is 0 Å². The molecule has 2 N–H and O–H groups in total. The number of nitrogens with two attached hydrogens (primary N) is 1. The van der Waals surface area contributed by atoms with Crippen molar-refractivity contribution >= 4 is 10.3 Å². The summed E-state index contributed by atoms with van der Waals surface area (Å²) in [6, 6.07) is 0. The second-order valence-corrected chi connectivity index (χ2v) is 5.35. The van der Waals surface area contributed by atoms with Crippen molar-refractivity contribution in [3.05, 3.63) is 12.2 Å². The maximum absolute atomic E-state index is 10.4. The summed E-state index contributed by atoms with van der Waals surface area (Å²) in [6.45, 7) is 2.38. The number of hydrogen-bond donors (Lipinski definition) is 1. The van der Waals surface area contributed by atoms with Crippen molar-refractivity contribution in [2.45, 2.75) is 58.3 Å². The largest absolute Gasteiger partial charge is 0.333 e. The van der Waals surface area contributed by atoms with Gasteiger partial charge >= 0.3 is 10.3 Å². The summed E-state index contributed by atoms with van der Waals surface area (Å²) in [5, 5.41) is 4.69. The summed E-state index contributed by atoms with van der Waals surface area (Å²) in [5.41, 5.74) is 0. The van der Waals surface area contributed by atoms with Gasteiger partial charge in [-0.3, -0.25) is 4.18 Å². The van der Waals surface area contributed by atoms with Gasteiger partial charge in [-0.2, -0.15) is 8.42 Å². The molecule has 0 unspecified atom stereocenters. The second-order valence-electron chi connectivity index (χ2n) is 4.13. The lowest BCUT2D eigenvalue weighted by Gasteiger charge is -1.98. The van der Waals surface area contributed by atoms with E-state index in [1.807, 2.05) is 0 Å². The third-order valence-electron chi connectivity index (χ3n) is 2.40. The van der Waals surface area contributed by atoms with E-state index in [0.717, 1.165) is 12.8 Å². The van der Waals surface area contributed by atoms with Crippen LogP contribution in [0.4, 0.5) is 0 Å². The summed E-state index contributed by atoms with van der Waals surface area (Å²) in [5.74, 6) is 0. The first-order valence-electron chi connectivity index (χ1n) is 6.38. The molecule has 0 saturated heterocycles. The van der Waals surface area contributed by atoms with Crippen molar-refractivity contribution in [3.63, 3.8) is 0 Å². The maximum Gasteiger partial charge on any atom is 0.333 e. The van der Waals surface area contributed by atoms with Gasteiger partial charge in [0.1, 0.15) is 0 Å². The van der Waals surface area contributed by atoms with Crippen molar-refractivity contribution in [2.75, 3.05) is 6.61 Å². The summed E-state index contributed by atoms with van der Waals surface area (Å²) < 4.78 is 25.3. The molecule has 0 aromatic heterocycles. The molecule has 0 radical (unpaired) electrons. The van der Waals surface area contributed by atoms with E-state index in [0.29, 0.717) is 6.42 Å². The van der Waals surface area contributed by atoms with Crippen LogP contribution in [-0.2, 0) is 14.5 Å². The van der Waals surface area contributed by atoms with Crippen LogP contribution in [0.1, 0.15) is 58.3 Å². The topological polar surface area (TPSA) is 69.4 Å². The molecule has 0 bridgehead atoms. The lowest BCUT2D eigenvalue weighted by molar-refractivity contribution is 0.314. The van der Waals surface area contributed by atoms with Gasteiger partial charge in [0.2, 0.25) is 0 Å². The van der Waals surface area contributed by atoms with Crippen LogP contribution in [0, 0.1) is 0 Å². The third-order valence-corrected chi connectivity index (χ3v) is 2.90. The summed E-state index contributed by atoms with van der Waals surface area (Å²) in [4.78, 5) is 0. The predicted octanol–water partition coefficient (Wildman–Crippen LogP) is 2.90. The minimum atomic E-state index is -3.76. The lowest BCUT2D eigenvalue weighted by Crippen LogP contribution is -2.16. The minimum Gasteiger partial charge on any atom is -0.258 e. The molecule has 0 aromatic rings. The zero-order chi connectivity index (χ0) is 13.0. The average molecular weight is 263 g/mol. The van der Waals surface area contributed by atoms with Crippen LogP contribution >= 0.6 is 0 Å². The molecule has 0 atom stereocenters. The zero-order valence-electron chi connectivity index (χ0n) is 10.7. The van der Waals surface area contributed by atoms with E-state index < -0.39 is 10.3 Å². The average Bonchev–Trinajstić information content (AvgIpc) is 2.24. The highest BCUT2D eigenvalue weighted by atomic mass is 32.2. The fraction of sp³-hybridized carbons (Fsp3) is 0.833. The van der Waals surface area contributed by atoms with Gasteiger partial charge in [-0.05, 0) is 25.7 Å². The molecule has 0 rings (SSSR count). The number of hydrogen-bond acceptors (Lipinski definition) is 3. The van der Waals surface area contributed by atoms with Crippen LogP contribution in [-0.4, -0.2) is 15.0 Å².